The van der Waals surface area contributed by atoms with Crippen LogP contribution in [0.2, 0.25) is 0 Å². The minimum Gasteiger partial charge on any atom is -0.406 e. The molecule has 1 nitrogen and oxygen atoms in total. The fourth-order valence-electron chi connectivity index (χ4n) is 1.92. The van der Waals surface area contributed by atoms with Crippen LogP contribution in [0.4, 0.5) is 13.2 Å². The summed E-state index contributed by atoms with van der Waals surface area (Å²) in [6.45, 7) is 5.51. The second-order valence-electron chi connectivity index (χ2n) is 4.41. The van der Waals surface area contributed by atoms with Gasteiger partial charge in [-0.15, -0.1) is 13.2 Å². The van der Waals surface area contributed by atoms with Crippen molar-refractivity contribution in [3.05, 3.63) is 60.2 Å². The molecule has 0 fully saturated rings. The summed E-state index contributed by atoms with van der Waals surface area (Å²) in [5, 5.41) is 0. The van der Waals surface area contributed by atoms with E-state index in [0.717, 1.165) is 11.1 Å². The van der Waals surface area contributed by atoms with Crippen LogP contribution >= 0.6 is 0 Å². The summed E-state index contributed by atoms with van der Waals surface area (Å²) in [5.74, 6) is -0.244. The molecule has 0 atom stereocenters. The van der Waals surface area contributed by atoms with Gasteiger partial charge in [-0.2, -0.15) is 0 Å². The van der Waals surface area contributed by atoms with Crippen LogP contribution in [-0.4, -0.2) is 6.36 Å². The monoisotopic (exact) mass is 278 g/mol. The highest BCUT2D eigenvalue weighted by atomic mass is 19.4. The summed E-state index contributed by atoms with van der Waals surface area (Å²) in [7, 11) is 0. The number of alkyl halides is 3. The van der Waals surface area contributed by atoms with Crippen LogP contribution < -0.4 is 4.74 Å². The van der Waals surface area contributed by atoms with Gasteiger partial charge in [0.25, 0.3) is 0 Å². The predicted octanol–water partition coefficient (Wildman–Crippen LogP) is 5.20. The Balaban J connectivity index is 2.48. The van der Waals surface area contributed by atoms with E-state index in [1.54, 1.807) is 6.07 Å². The van der Waals surface area contributed by atoms with Crippen LogP contribution in [0, 0.1) is 6.92 Å². The summed E-state index contributed by atoms with van der Waals surface area (Å²) in [6.07, 6.45) is -3.22. The maximum atomic E-state index is 12.3. The number of halogens is 3. The number of benzene rings is 2. The first-order valence-corrected chi connectivity index (χ1v) is 5.98. The summed E-state index contributed by atoms with van der Waals surface area (Å²) in [4.78, 5) is 0. The predicted molar refractivity (Wildman–Crippen MR) is 73.4 cm³/mol. The topological polar surface area (TPSA) is 9.23 Å². The van der Waals surface area contributed by atoms with Gasteiger partial charge in [-0.3, -0.25) is 0 Å². The Morgan fingerprint density at radius 2 is 1.80 bits per heavy atom. The van der Waals surface area contributed by atoms with Crippen molar-refractivity contribution < 1.29 is 17.9 Å². The molecule has 0 saturated heterocycles. The van der Waals surface area contributed by atoms with E-state index < -0.39 is 6.36 Å². The zero-order chi connectivity index (χ0) is 14.8. The molecule has 4 heteroatoms. The molecule has 0 N–H and O–H groups in total. The molecule has 0 saturated carbocycles. The summed E-state index contributed by atoms with van der Waals surface area (Å²) in [6, 6.07) is 12.0. The average molecular weight is 278 g/mol. The zero-order valence-corrected chi connectivity index (χ0v) is 10.9. The molecule has 2 aromatic rings. The second-order valence-corrected chi connectivity index (χ2v) is 4.41. The van der Waals surface area contributed by atoms with Gasteiger partial charge >= 0.3 is 6.36 Å². The maximum absolute atomic E-state index is 12.3. The van der Waals surface area contributed by atoms with Gasteiger partial charge in [0.15, 0.2) is 0 Å². The highest BCUT2D eigenvalue weighted by Gasteiger charge is 2.31. The van der Waals surface area contributed by atoms with Crippen molar-refractivity contribution in [3.63, 3.8) is 0 Å². The van der Waals surface area contributed by atoms with Gasteiger partial charge < -0.3 is 4.74 Å². The van der Waals surface area contributed by atoms with Crippen molar-refractivity contribution in [2.75, 3.05) is 0 Å². The Morgan fingerprint density at radius 3 is 2.40 bits per heavy atom. The molecule has 0 aromatic heterocycles. The zero-order valence-electron chi connectivity index (χ0n) is 10.9. The normalized spacial score (nSPS) is 11.2. The van der Waals surface area contributed by atoms with E-state index in [1.807, 2.05) is 31.2 Å². The van der Waals surface area contributed by atoms with Crippen molar-refractivity contribution in [2.45, 2.75) is 13.3 Å². The number of aryl methyl sites for hydroxylation is 1. The highest BCUT2D eigenvalue weighted by Crippen LogP contribution is 2.30. The average Bonchev–Trinajstić information content (AvgIpc) is 2.36. The summed E-state index contributed by atoms with van der Waals surface area (Å²) < 4.78 is 41.0. The van der Waals surface area contributed by atoms with Gasteiger partial charge in [-0.1, -0.05) is 42.5 Å². The molecule has 0 bridgehead atoms. The van der Waals surface area contributed by atoms with Gasteiger partial charge in [0.05, 0.1) is 0 Å². The SMILES string of the molecule is C=Cc1cc(OC(F)(F)F)cc(-c2cccc(C)c2)c1. The van der Waals surface area contributed by atoms with Gasteiger partial charge in [-0.05, 0) is 41.8 Å². The highest BCUT2D eigenvalue weighted by molar-refractivity contribution is 5.69. The van der Waals surface area contributed by atoms with E-state index in [1.165, 1.54) is 18.2 Å². The Morgan fingerprint density at radius 1 is 1.05 bits per heavy atom. The van der Waals surface area contributed by atoms with Gasteiger partial charge in [0.2, 0.25) is 0 Å². The molecule has 0 aliphatic rings. The van der Waals surface area contributed by atoms with Crippen LogP contribution in [-0.2, 0) is 0 Å². The van der Waals surface area contributed by atoms with Gasteiger partial charge in [-0.25, -0.2) is 0 Å². The van der Waals surface area contributed by atoms with Crippen molar-refractivity contribution >= 4 is 6.08 Å². The fourth-order valence-corrected chi connectivity index (χ4v) is 1.92. The molecule has 0 radical (unpaired) electrons. The summed E-state index contributed by atoms with van der Waals surface area (Å²) in [5.41, 5.74) is 3.10. The van der Waals surface area contributed by atoms with Crippen LogP contribution in [0.25, 0.3) is 17.2 Å². The van der Waals surface area contributed by atoms with E-state index in [9.17, 15) is 13.2 Å². The van der Waals surface area contributed by atoms with Crippen molar-refractivity contribution in [3.8, 4) is 16.9 Å². The van der Waals surface area contributed by atoms with E-state index in [-0.39, 0.29) is 5.75 Å². The molecule has 2 aromatic carbocycles. The Hall–Kier alpha value is -2.23. The van der Waals surface area contributed by atoms with E-state index in [4.69, 9.17) is 0 Å². The van der Waals surface area contributed by atoms with Gasteiger partial charge in [0, 0.05) is 0 Å². The molecule has 104 valence electrons. The molecule has 0 amide bonds. The molecule has 0 aliphatic heterocycles. The van der Waals surface area contributed by atoms with Crippen molar-refractivity contribution in [2.24, 2.45) is 0 Å². The number of ether oxygens (including phenoxy) is 1. The number of hydrogen-bond donors (Lipinski definition) is 0. The van der Waals surface area contributed by atoms with Gasteiger partial charge in [0.1, 0.15) is 5.75 Å². The minimum absolute atomic E-state index is 0.244. The lowest BCUT2D eigenvalue weighted by atomic mass is 10.0. The molecular formula is C16H13F3O. The number of hydrogen-bond acceptors (Lipinski definition) is 1. The van der Waals surface area contributed by atoms with Crippen LogP contribution in [0.5, 0.6) is 5.75 Å². The van der Waals surface area contributed by atoms with E-state index in [0.29, 0.717) is 11.1 Å². The third-order valence-corrected chi connectivity index (χ3v) is 2.75. The first-order chi connectivity index (χ1) is 9.37. The largest absolute Gasteiger partial charge is 0.573 e. The molecule has 2 rings (SSSR count). The number of rotatable bonds is 3. The molecule has 20 heavy (non-hydrogen) atoms. The quantitative estimate of drug-likeness (QED) is 0.749. The molecule has 0 heterocycles. The van der Waals surface area contributed by atoms with Crippen LogP contribution in [0.3, 0.4) is 0 Å². The van der Waals surface area contributed by atoms with E-state index in [2.05, 4.69) is 11.3 Å². The lowest BCUT2D eigenvalue weighted by molar-refractivity contribution is -0.274. The minimum atomic E-state index is -4.70. The van der Waals surface area contributed by atoms with Crippen molar-refractivity contribution in [1.29, 1.82) is 0 Å². The lowest BCUT2D eigenvalue weighted by Crippen LogP contribution is -2.17. The third kappa shape index (κ3) is 3.63. The first-order valence-electron chi connectivity index (χ1n) is 5.98. The van der Waals surface area contributed by atoms with E-state index >= 15 is 0 Å². The third-order valence-electron chi connectivity index (χ3n) is 2.75. The smallest absolute Gasteiger partial charge is 0.406 e. The second kappa shape index (κ2) is 5.41. The molecule has 0 aliphatic carbocycles. The lowest BCUT2D eigenvalue weighted by Gasteiger charge is -2.12. The molecule has 0 unspecified atom stereocenters. The standard InChI is InChI=1S/C16H13F3O/c1-3-12-8-14(13-6-4-5-11(2)7-13)10-15(9-12)20-16(17,18)19/h3-10H,1H2,2H3. The first kappa shape index (κ1) is 14.2. The summed E-state index contributed by atoms with van der Waals surface area (Å²) >= 11 is 0. The Labute approximate surface area is 115 Å². The van der Waals surface area contributed by atoms with Crippen molar-refractivity contribution in [1.82, 2.24) is 0 Å². The Kier molecular flexibility index (Phi) is 3.84. The molecular weight excluding hydrogens is 265 g/mol. The maximum Gasteiger partial charge on any atom is 0.573 e. The van der Waals surface area contributed by atoms with Crippen LogP contribution in [0.1, 0.15) is 11.1 Å². The Bertz CT molecular complexity index is 630. The fraction of sp³-hybridized carbons (Fsp3) is 0.125. The van der Waals surface area contributed by atoms with Crippen LogP contribution in [0.15, 0.2) is 49.0 Å². The molecule has 0 spiro atoms.